The van der Waals surface area contributed by atoms with Gasteiger partial charge in [0.2, 0.25) is 0 Å². The molecule has 2 fully saturated rings. The summed E-state index contributed by atoms with van der Waals surface area (Å²) in [5.41, 5.74) is 5.48. The van der Waals surface area contributed by atoms with Gasteiger partial charge in [-0.05, 0) is 104 Å². The van der Waals surface area contributed by atoms with Crippen molar-refractivity contribution in [3.05, 3.63) is 81.7 Å². The summed E-state index contributed by atoms with van der Waals surface area (Å²) in [6.45, 7) is 5.10. The highest BCUT2D eigenvalue weighted by molar-refractivity contribution is 7.10. The molecule has 1 saturated heterocycles. The van der Waals surface area contributed by atoms with Crippen molar-refractivity contribution in [1.82, 2.24) is 15.6 Å². The monoisotopic (exact) mass is 510 g/mol. The molecular formula is C29H28N3O2SSi. The molecule has 3 radical (unpaired) electrons. The lowest BCUT2D eigenvalue weighted by Crippen LogP contribution is -2.53. The van der Waals surface area contributed by atoms with Gasteiger partial charge in [-0.15, -0.1) is 11.3 Å². The number of hydrogen-bond acceptors (Lipinski definition) is 5. The van der Waals surface area contributed by atoms with Crippen LogP contribution in [-0.2, 0) is 5.54 Å². The lowest BCUT2D eigenvalue weighted by Gasteiger charge is -2.33. The van der Waals surface area contributed by atoms with E-state index in [4.69, 9.17) is 4.74 Å². The average molecular weight is 511 g/mol. The Balaban J connectivity index is 1.32. The Labute approximate surface area is 218 Å². The number of fused-ring (bicyclic) bond motifs is 1. The topological polar surface area (TPSA) is 63.2 Å². The zero-order valence-corrected chi connectivity index (χ0v) is 22.2. The van der Waals surface area contributed by atoms with E-state index in [1.807, 2.05) is 37.4 Å². The van der Waals surface area contributed by atoms with E-state index < -0.39 is 5.54 Å². The fraction of sp³-hybridized carbons (Fsp3) is 0.310. The van der Waals surface area contributed by atoms with E-state index in [0.29, 0.717) is 11.3 Å². The van der Waals surface area contributed by atoms with Crippen molar-refractivity contribution in [2.45, 2.75) is 50.4 Å². The van der Waals surface area contributed by atoms with Crippen LogP contribution in [0, 0.1) is 13.8 Å². The van der Waals surface area contributed by atoms with E-state index in [2.05, 4.69) is 62.4 Å². The van der Waals surface area contributed by atoms with Crippen molar-refractivity contribution in [3.63, 3.8) is 0 Å². The minimum absolute atomic E-state index is 0.0726. The number of nitrogens with one attached hydrogen (secondary N) is 2. The Morgan fingerprint density at radius 1 is 1.19 bits per heavy atom. The van der Waals surface area contributed by atoms with E-state index in [0.717, 1.165) is 53.4 Å². The van der Waals surface area contributed by atoms with Gasteiger partial charge in [-0.3, -0.25) is 9.78 Å². The molecule has 3 heterocycles. The second-order valence-electron chi connectivity index (χ2n) is 9.94. The number of carbonyl (C=O) groups is 1. The lowest BCUT2D eigenvalue weighted by atomic mass is 9.94. The maximum atomic E-state index is 13.6. The Morgan fingerprint density at radius 2 is 2.03 bits per heavy atom. The number of nitrogens with zero attached hydrogens (tertiary/aromatic N) is 1. The highest BCUT2D eigenvalue weighted by Crippen LogP contribution is 2.49. The molecule has 1 saturated carbocycles. The van der Waals surface area contributed by atoms with Crippen molar-refractivity contribution >= 4 is 38.4 Å². The largest absolute Gasteiger partial charge is 0.493 e. The Hall–Kier alpha value is -3.00. The van der Waals surface area contributed by atoms with Crippen molar-refractivity contribution in [1.29, 1.82) is 0 Å². The molecule has 181 valence electrons. The SMILES string of the molecule is Cc1cc(-c2cc(C3(NC(=O)c4cc(OC([Si])[C@@H]5CCN5)ccc4C)CC3)c3cccnc3c2)cs1. The minimum Gasteiger partial charge on any atom is -0.493 e. The third kappa shape index (κ3) is 4.36. The first-order valence-electron chi connectivity index (χ1n) is 12.4. The van der Waals surface area contributed by atoms with Gasteiger partial charge in [0.15, 0.2) is 0 Å². The number of carbonyl (C=O) groups excluding carboxylic acids is 1. The van der Waals surface area contributed by atoms with Crippen LogP contribution in [0.5, 0.6) is 5.75 Å². The molecule has 2 aromatic heterocycles. The van der Waals surface area contributed by atoms with Crippen LogP contribution in [0.4, 0.5) is 0 Å². The van der Waals surface area contributed by atoms with Crippen molar-refractivity contribution in [3.8, 4) is 16.9 Å². The molecule has 2 N–H and O–H groups in total. The Morgan fingerprint density at radius 3 is 2.72 bits per heavy atom. The molecule has 0 spiro atoms. The molecule has 1 aliphatic carbocycles. The van der Waals surface area contributed by atoms with Crippen LogP contribution >= 0.6 is 11.3 Å². The second kappa shape index (κ2) is 9.14. The highest BCUT2D eigenvalue weighted by Gasteiger charge is 2.47. The van der Waals surface area contributed by atoms with E-state index >= 15 is 0 Å². The summed E-state index contributed by atoms with van der Waals surface area (Å²) in [5, 5.41) is 10.0. The van der Waals surface area contributed by atoms with Gasteiger partial charge in [0.25, 0.3) is 5.91 Å². The molecule has 36 heavy (non-hydrogen) atoms. The molecule has 2 aliphatic rings. The van der Waals surface area contributed by atoms with Crippen molar-refractivity contribution in [2.75, 3.05) is 6.54 Å². The van der Waals surface area contributed by atoms with Gasteiger partial charge in [-0.2, -0.15) is 0 Å². The molecule has 1 unspecified atom stereocenters. The number of pyridine rings is 1. The number of hydrogen-bond donors (Lipinski definition) is 2. The van der Waals surface area contributed by atoms with Crippen molar-refractivity contribution < 1.29 is 9.53 Å². The molecule has 2 aromatic carbocycles. The molecule has 5 nitrogen and oxygen atoms in total. The predicted octanol–water partition coefficient (Wildman–Crippen LogP) is 5.23. The molecule has 0 bridgehead atoms. The summed E-state index contributed by atoms with van der Waals surface area (Å²) in [6, 6.07) is 16.7. The van der Waals surface area contributed by atoms with Gasteiger partial charge in [-0.25, -0.2) is 0 Å². The summed E-state index contributed by atoms with van der Waals surface area (Å²) in [4.78, 5) is 19.6. The number of rotatable bonds is 7. The highest BCUT2D eigenvalue weighted by atomic mass is 32.1. The van der Waals surface area contributed by atoms with E-state index in [9.17, 15) is 4.79 Å². The summed E-state index contributed by atoms with van der Waals surface area (Å²) >= 11 is 1.75. The zero-order chi connectivity index (χ0) is 24.9. The first-order chi connectivity index (χ1) is 17.4. The molecule has 7 heteroatoms. The normalized spacial score (nSPS) is 18.9. The van der Waals surface area contributed by atoms with Crippen LogP contribution in [0.2, 0.25) is 0 Å². The van der Waals surface area contributed by atoms with Gasteiger partial charge in [0.05, 0.1) is 27.0 Å². The lowest BCUT2D eigenvalue weighted by molar-refractivity contribution is 0.0929. The fourth-order valence-electron chi connectivity index (χ4n) is 4.93. The zero-order valence-electron chi connectivity index (χ0n) is 20.4. The summed E-state index contributed by atoms with van der Waals surface area (Å²) in [7, 11) is 3.68. The molecule has 1 amide bonds. The summed E-state index contributed by atoms with van der Waals surface area (Å²) in [6.07, 6.45) is 4.71. The number of benzene rings is 2. The van der Waals surface area contributed by atoms with Gasteiger partial charge < -0.3 is 15.4 Å². The third-order valence-corrected chi connectivity index (χ3v) is 8.73. The molecule has 6 rings (SSSR count). The van der Waals surface area contributed by atoms with Crippen LogP contribution in [0.15, 0.2) is 60.1 Å². The summed E-state index contributed by atoms with van der Waals surface area (Å²) < 4.78 is 6.08. The molecule has 4 aromatic rings. The van der Waals surface area contributed by atoms with Gasteiger partial charge >= 0.3 is 0 Å². The van der Waals surface area contributed by atoms with E-state index in [1.165, 1.54) is 10.4 Å². The summed E-state index contributed by atoms with van der Waals surface area (Å²) in [5.74, 6) is 0.616. The van der Waals surface area contributed by atoms with Gasteiger partial charge in [0.1, 0.15) is 5.75 Å². The van der Waals surface area contributed by atoms with Gasteiger partial charge in [-0.1, -0.05) is 12.1 Å². The Kier molecular flexibility index (Phi) is 5.94. The fourth-order valence-corrected chi connectivity index (χ4v) is 6.06. The quantitative estimate of drug-likeness (QED) is 0.334. The molecule has 1 aliphatic heterocycles. The second-order valence-corrected chi connectivity index (χ2v) is 11.6. The standard InChI is InChI=1S/C29H28N3O2SSi/c1-17-5-6-21(34-28(36)25-7-11-31-25)15-23(17)27(33)32-29(8-9-29)24-13-19(20-12-18(2)35-16-20)14-26-22(24)4-3-10-30-26/h3-6,10,12-16,25,28,31H,7-9,11H2,1-2H3,(H,32,33)/t25-,28?/m0/s1. The van der Waals surface area contributed by atoms with E-state index in [-0.39, 0.29) is 17.7 Å². The number of ether oxygens (including phenoxy) is 1. The van der Waals surface area contributed by atoms with Gasteiger partial charge in [0, 0.05) is 28.1 Å². The maximum Gasteiger partial charge on any atom is 0.252 e. The third-order valence-electron chi connectivity index (χ3n) is 7.35. The smallest absolute Gasteiger partial charge is 0.252 e. The van der Waals surface area contributed by atoms with Crippen LogP contribution in [-0.4, -0.2) is 39.4 Å². The van der Waals surface area contributed by atoms with Crippen LogP contribution < -0.4 is 15.4 Å². The minimum atomic E-state index is -0.393. The van der Waals surface area contributed by atoms with Crippen LogP contribution in [0.25, 0.3) is 22.0 Å². The number of amides is 1. The Bertz CT molecular complexity index is 1460. The number of aryl methyl sites for hydroxylation is 2. The van der Waals surface area contributed by atoms with Crippen LogP contribution in [0.1, 0.15) is 45.6 Å². The number of thiophene rings is 1. The number of aromatic nitrogens is 1. The van der Waals surface area contributed by atoms with E-state index in [1.54, 1.807) is 11.3 Å². The predicted molar refractivity (Wildman–Crippen MR) is 146 cm³/mol. The molecular weight excluding hydrogens is 482 g/mol. The first-order valence-corrected chi connectivity index (χ1v) is 13.9. The average Bonchev–Trinajstić information content (AvgIpc) is 3.48. The molecule has 2 atom stereocenters. The van der Waals surface area contributed by atoms with Crippen LogP contribution in [0.3, 0.4) is 0 Å². The maximum absolute atomic E-state index is 13.6. The van der Waals surface area contributed by atoms with Crippen molar-refractivity contribution in [2.24, 2.45) is 0 Å². The first kappa shape index (κ1) is 23.4.